The van der Waals surface area contributed by atoms with Crippen LogP contribution in [0, 0.1) is 0 Å². The summed E-state index contributed by atoms with van der Waals surface area (Å²) >= 11 is 1.71. The molecule has 42 heavy (non-hydrogen) atoms. The molecule has 0 bridgehead atoms. The van der Waals surface area contributed by atoms with Crippen molar-refractivity contribution in [1.82, 2.24) is 19.4 Å². The monoisotopic (exact) mass is 592 g/mol. The van der Waals surface area contributed by atoms with E-state index in [1.165, 1.54) is 4.90 Å². The molecule has 2 N–H and O–H groups in total. The average Bonchev–Trinajstić information content (AvgIpc) is 3.45. The molecule has 2 aliphatic rings. The molecule has 0 spiro atoms. The minimum absolute atomic E-state index is 0.226. The zero-order valence-corrected chi connectivity index (χ0v) is 24.9. The number of aromatic nitrogens is 2. The molecule has 2 amide bonds. The summed E-state index contributed by atoms with van der Waals surface area (Å²) in [5, 5.41) is 21.6. The van der Waals surface area contributed by atoms with Crippen molar-refractivity contribution in [2.24, 2.45) is 0 Å². The molecule has 1 saturated carbocycles. The number of ether oxygens (including phenoxy) is 1. The number of rotatable bonds is 10. The molecule has 224 valence electrons. The normalized spacial score (nSPS) is 22.7. The van der Waals surface area contributed by atoms with E-state index in [1.54, 1.807) is 23.0 Å². The summed E-state index contributed by atoms with van der Waals surface area (Å²) in [5.41, 5.74) is 1.80. The molecule has 0 radical (unpaired) electrons. The average molecular weight is 593 g/mol. The van der Waals surface area contributed by atoms with Gasteiger partial charge in [0.25, 0.3) is 5.91 Å². The van der Waals surface area contributed by atoms with Crippen molar-refractivity contribution in [2.45, 2.75) is 49.8 Å². The van der Waals surface area contributed by atoms with E-state index in [4.69, 9.17) is 9.72 Å². The van der Waals surface area contributed by atoms with Gasteiger partial charge < -0.3 is 29.3 Å². The van der Waals surface area contributed by atoms with Crippen molar-refractivity contribution < 1.29 is 24.5 Å². The van der Waals surface area contributed by atoms with Gasteiger partial charge in [-0.05, 0) is 31.1 Å². The summed E-state index contributed by atoms with van der Waals surface area (Å²) in [7, 11) is 0. The van der Waals surface area contributed by atoms with Crippen LogP contribution >= 0.6 is 11.8 Å². The first kappa shape index (κ1) is 30.1. The van der Waals surface area contributed by atoms with E-state index >= 15 is 0 Å². The van der Waals surface area contributed by atoms with Crippen molar-refractivity contribution in [3.8, 4) is 11.3 Å². The van der Waals surface area contributed by atoms with E-state index in [-0.39, 0.29) is 44.2 Å². The number of nitrogens with zero attached hydrogens (tertiary/aromatic N) is 4. The highest BCUT2D eigenvalue weighted by molar-refractivity contribution is 7.98. The highest BCUT2D eigenvalue weighted by Gasteiger charge is 2.43. The summed E-state index contributed by atoms with van der Waals surface area (Å²) in [6.07, 6.45) is 6.52. The van der Waals surface area contributed by atoms with Gasteiger partial charge >= 0.3 is 6.09 Å². The van der Waals surface area contributed by atoms with Gasteiger partial charge in [0.05, 0.1) is 37.3 Å². The van der Waals surface area contributed by atoms with Crippen LogP contribution in [-0.2, 0) is 11.2 Å². The van der Waals surface area contributed by atoms with Gasteiger partial charge in [0.1, 0.15) is 5.60 Å². The maximum absolute atomic E-state index is 14.4. The number of hydrogen-bond donors (Lipinski definition) is 2. The van der Waals surface area contributed by atoms with Crippen LogP contribution in [0.15, 0.2) is 67.0 Å². The maximum Gasteiger partial charge on any atom is 0.407 e. The minimum Gasteiger partial charge on any atom is -0.465 e. The Labute approximate surface area is 251 Å². The zero-order chi connectivity index (χ0) is 29.5. The third-order valence-electron chi connectivity index (χ3n) is 8.45. The first-order valence-corrected chi connectivity index (χ1v) is 16.0. The van der Waals surface area contributed by atoms with E-state index < -0.39 is 11.7 Å². The number of imidazole rings is 1. The van der Waals surface area contributed by atoms with E-state index in [9.17, 15) is 19.8 Å². The van der Waals surface area contributed by atoms with Gasteiger partial charge in [0.15, 0.2) is 5.69 Å². The lowest BCUT2D eigenvalue weighted by molar-refractivity contribution is -0.0968. The number of thioether (sulfide) groups is 1. The molecule has 2 fully saturated rings. The molecule has 5 rings (SSSR count). The van der Waals surface area contributed by atoms with Crippen molar-refractivity contribution in [1.29, 1.82) is 0 Å². The lowest BCUT2D eigenvalue weighted by Gasteiger charge is -2.41. The third kappa shape index (κ3) is 6.66. The predicted molar refractivity (Wildman–Crippen MR) is 164 cm³/mol. The Morgan fingerprint density at radius 1 is 1.07 bits per heavy atom. The van der Waals surface area contributed by atoms with Crippen LogP contribution in [0.25, 0.3) is 11.3 Å². The Morgan fingerprint density at radius 2 is 1.81 bits per heavy atom. The fourth-order valence-electron chi connectivity index (χ4n) is 6.29. The van der Waals surface area contributed by atoms with Crippen LogP contribution in [0.2, 0.25) is 0 Å². The molecule has 1 aliphatic carbocycles. The molecule has 2 aromatic carbocycles. The van der Waals surface area contributed by atoms with Crippen LogP contribution in [0.1, 0.15) is 47.8 Å². The Bertz CT molecular complexity index is 1340. The summed E-state index contributed by atoms with van der Waals surface area (Å²) in [6, 6.07) is 18.9. The van der Waals surface area contributed by atoms with Gasteiger partial charge in [-0.15, -0.1) is 0 Å². The SMILES string of the molecule is CSCCOCC1(O)CCCCC1n1cnc(C(=O)N2CCN(C(=O)O)C[C@H]2Cc2ccccc2)c1-c1ccccc1. The van der Waals surface area contributed by atoms with Gasteiger partial charge in [-0.2, -0.15) is 11.8 Å². The molecule has 1 saturated heterocycles. The molecular weight excluding hydrogens is 552 g/mol. The lowest BCUT2D eigenvalue weighted by Crippen LogP contribution is -2.57. The first-order valence-electron chi connectivity index (χ1n) is 14.7. The molecule has 2 unspecified atom stereocenters. The van der Waals surface area contributed by atoms with E-state index in [1.807, 2.05) is 71.5 Å². The van der Waals surface area contributed by atoms with Gasteiger partial charge in [0, 0.05) is 31.0 Å². The fourth-order valence-corrected chi connectivity index (χ4v) is 6.58. The Hall–Kier alpha value is -3.34. The number of piperazine rings is 1. The summed E-state index contributed by atoms with van der Waals surface area (Å²) < 4.78 is 7.92. The highest BCUT2D eigenvalue weighted by Crippen LogP contribution is 2.41. The number of aliphatic hydroxyl groups is 1. The van der Waals surface area contributed by atoms with Gasteiger partial charge in [-0.3, -0.25) is 4.79 Å². The lowest BCUT2D eigenvalue weighted by atomic mass is 9.80. The van der Waals surface area contributed by atoms with Crippen LogP contribution < -0.4 is 0 Å². The van der Waals surface area contributed by atoms with E-state index in [0.717, 1.165) is 36.1 Å². The van der Waals surface area contributed by atoms with E-state index in [0.29, 0.717) is 30.8 Å². The molecule has 3 atom stereocenters. The van der Waals surface area contributed by atoms with Crippen molar-refractivity contribution in [2.75, 3.05) is 44.9 Å². The quantitative estimate of drug-likeness (QED) is 0.325. The van der Waals surface area contributed by atoms with Crippen LogP contribution in [0.5, 0.6) is 0 Å². The third-order valence-corrected chi connectivity index (χ3v) is 9.02. The van der Waals surface area contributed by atoms with Crippen LogP contribution in [-0.4, -0.2) is 98.1 Å². The second kappa shape index (κ2) is 13.8. The number of carbonyl (C=O) groups excluding carboxylic acids is 1. The van der Waals surface area contributed by atoms with Crippen molar-refractivity contribution in [3.05, 3.63) is 78.2 Å². The summed E-state index contributed by atoms with van der Waals surface area (Å²) in [5.74, 6) is 0.633. The molecule has 1 aromatic heterocycles. The second-order valence-corrected chi connectivity index (χ2v) is 12.2. The van der Waals surface area contributed by atoms with Gasteiger partial charge in [0.2, 0.25) is 0 Å². The number of hydrogen-bond acceptors (Lipinski definition) is 6. The molecule has 2 heterocycles. The fraction of sp³-hybridized carbons (Fsp3) is 0.469. The van der Waals surface area contributed by atoms with Gasteiger partial charge in [-0.1, -0.05) is 73.5 Å². The Morgan fingerprint density at radius 3 is 2.52 bits per heavy atom. The van der Waals surface area contributed by atoms with E-state index in [2.05, 4.69) is 0 Å². The Kier molecular flexibility index (Phi) is 9.87. The summed E-state index contributed by atoms with van der Waals surface area (Å²) in [6.45, 7) is 1.54. The molecule has 10 heteroatoms. The highest BCUT2D eigenvalue weighted by atomic mass is 32.2. The molecule has 3 aromatic rings. The molecule has 1 aliphatic heterocycles. The van der Waals surface area contributed by atoms with Crippen molar-refractivity contribution >= 4 is 23.8 Å². The number of carbonyl (C=O) groups is 2. The number of benzene rings is 2. The zero-order valence-electron chi connectivity index (χ0n) is 24.1. The molecule has 9 nitrogen and oxygen atoms in total. The minimum atomic E-state index is -1.08. The first-order chi connectivity index (χ1) is 20.4. The number of carboxylic acid groups (broad SMARTS) is 1. The second-order valence-electron chi connectivity index (χ2n) is 11.2. The maximum atomic E-state index is 14.4. The largest absolute Gasteiger partial charge is 0.465 e. The van der Waals surface area contributed by atoms with Crippen LogP contribution in [0.3, 0.4) is 0 Å². The topological polar surface area (TPSA) is 108 Å². The smallest absolute Gasteiger partial charge is 0.407 e. The number of amides is 2. The summed E-state index contributed by atoms with van der Waals surface area (Å²) in [4.78, 5) is 34.1. The molecular formula is C32H40N4O5S. The van der Waals surface area contributed by atoms with Gasteiger partial charge in [-0.25, -0.2) is 9.78 Å². The van der Waals surface area contributed by atoms with Crippen molar-refractivity contribution in [3.63, 3.8) is 0 Å². The van der Waals surface area contributed by atoms with Crippen LogP contribution in [0.4, 0.5) is 4.79 Å². The standard InChI is InChI=1S/C32H40N4O5S/c1-42-19-18-41-22-32(40)15-9-8-14-27(32)36-23-33-28(29(36)25-12-6-3-7-13-25)30(37)35-17-16-34(31(38)39)21-26(35)20-24-10-4-2-5-11-24/h2-7,10-13,23,26-27,40H,8-9,14-22H2,1H3,(H,38,39)/t26-,27?,32?/m1/s1. The predicted octanol–water partition coefficient (Wildman–Crippen LogP) is 4.82. The Balaban J connectivity index is 1.50.